The molecule has 0 unspecified atom stereocenters. The maximum Gasteiger partial charge on any atom is 0.150 e. The molecule has 0 bridgehead atoms. The molecule has 2 N–H and O–H groups in total. The Morgan fingerprint density at radius 3 is 2.62 bits per heavy atom. The molecule has 0 saturated heterocycles. The Morgan fingerprint density at radius 1 is 1.46 bits per heavy atom. The van der Waals surface area contributed by atoms with Crippen LogP contribution in [0.3, 0.4) is 0 Å². The summed E-state index contributed by atoms with van der Waals surface area (Å²) in [6, 6.07) is 5.68. The zero-order valence-corrected chi connectivity index (χ0v) is 8.08. The van der Waals surface area contributed by atoms with Gasteiger partial charge < -0.3 is 5.73 Å². The zero-order valence-electron chi connectivity index (χ0n) is 8.08. The van der Waals surface area contributed by atoms with E-state index in [1.807, 2.05) is 18.2 Å². The fraction of sp³-hybridized carbons (Fsp3) is 0.364. The van der Waals surface area contributed by atoms with E-state index in [-0.39, 0.29) is 0 Å². The fourth-order valence-electron chi connectivity index (χ4n) is 1.44. The Labute approximate surface area is 78.8 Å². The lowest BCUT2D eigenvalue weighted by Gasteiger charge is -2.11. The van der Waals surface area contributed by atoms with Crippen molar-refractivity contribution in [2.75, 3.05) is 0 Å². The lowest BCUT2D eigenvalue weighted by atomic mass is 9.95. The minimum absolute atomic E-state index is 0.458. The van der Waals surface area contributed by atoms with Crippen LogP contribution >= 0.6 is 0 Å². The number of aldehydes is 1. The first kappa shape index (κ1) is 9.93. The highest BCUT2D eigenvalue weighted by atomic mass is 16.1. The molecule has 1 rings (SSSR count). The van der Waals surface area contributed by atoms with Gasteiger partial charge >= 0.3 is 0 Å². The van der Waals surface area contributed by atoms with Crippen LogP contribution in [0.15, 0.2) is 18.2 Å². The number of carbonyl (C=O) groups excluding carboxylic acids is 1. The molecule has 13 heavy (non-hydrogen) atoms. The Morgan fingerprint density at radius 2 is 2.15 bits per heavy atom. The van der Waals surface area contributed by atoms with Crippen LogP contribution in [0.4, 0.5) is 0 Å². The van der Waals surface area contributed by atoms with E-state index >= 15 is 0 Å². The summed E-state index contributed by atoms with van der Waals surface area (Å²) in [6.45, 7) is 4.74. The fourth-order valence-corrected chi connectivity index (χ4v) is 1.44. The van der Waals surface area contributed by atoms with E-state index < -0.39 is 0 Å². The van der Waals surface area contributed by atoms with Gasteiger partial charge in [0, 0.05) is 12.1 Å². The number of hydrogen-bond donors (Lipinski definition) is 1. The van der Waals surface area contributed by atoms with E-state index in [1.54, 1.807) is 0 Å². The van der Waals surface area contributed by atoms with Crippen molar-refractivity contribution in [2.45, 2.75) is 26.3 Å². The summed E-state index contributed by atoms with van der Waals surface area (Å²) in [4.78, 5) is 10.5. The Bertz CT molecular complexity index is 305. The lowest BCUT2D eigenvalue weighted by molar-refractivity contribution is 0.112. The topological polar surface area (TPSA) is 43.1 Å². The first-order chi connectivity index (χ1) is 6.19. The monoisotopic (exact) mass is 177 g/mol. The molecule has 0 aromatic heterocycles. The summed E-state index contributed by atoms with van der Waals surface area (Å²) in [5.74, 6) is 0.458. The number of benzene rings is 1. The number of carbonyl (C=O) groups is 1. The van der Waals surface area contributed by atoms with E-state index in [0.29, 0.717) is 18.0 Å². The maximum absolute atomic E-state index is 10.5. The van der Waals surface area contributed by atoms with Crippen molar-refractivity contribution >= 4 is 6.29 Å². The van der Waals surface area contributed by atoms with Crippen molar-refractivity contribution in [3.63, 3.8) is 0 Å². The molecule has 0 heterocycles. The molecule has 0 amide bonds. The van der Waals surface area contributed by atoms with Gasteiger partial charge in [-0.15, -0.1) is 0 Å². The molecule has 0 atom stereocenters. The maximum atomic E-state index is 10.5. The summed E-state index contributed by atoms with van der Waals surface area (Å²) in [7, 11) is 0. The molecule has 0 fully saturated rings. The first-order valence-electron chi connectivity index (χ1n) is 4.47. The summed E-state index contributed by atoms with van der Waals surface area (Å²) < 4.78 is 0. The molecule has 0 saturated carbocycles. The van der Waals surface area contributed by atoms with Crippen LogP contribution in [0.2, 0.25) is 0 Å². The number of rotatable bonds is 3. The van der Waals surface area contributed by atoms with Crippen molar-refractivity contribution in [1.82, 2.24) is 0 Å². The smallest absolute Gasteiger partial charge is 0.150 e. The van der Waals surface area contributed by atoms with E-state index in [1.165, 1.54) is 5.56 Å². The van der Waals surface area contributed by atoms with Crippen LogP contribution in [0.25, 0.3) is 0 Å². The molecule has 1 aromatic rings. The average Bonchev–Trinajstić information content (AvgIpc) is 2.16. The van der Waals surface area contributed by atoms with Crippen LogP contribution in [-0.4, -0.2) is 6.29 Å². The van der Waals surface area contributed by atoms with Crippen LogP contribution < -0.4 is 5.73 Å². The largest absolute Gasteiger partial charge is 0.326 e. The summed E-state index contributed by atoms with van der Waals surface area (Å²) in [5, 5.41) is 0. The van der Waals surface area contributed by atoms with Gasteiger partial charge in [-0.3, -0.25) is 4.79 Å². The van der Waals surface area contributed by atoms with E-state index in [2.05, 4.69) is 13.8 Å². The quantitative estimate of drug-likeness (QED) is 0.718. The molecular formula is C11H15NO. The number of hydrogen-bond acceptors (Lipinski definition) is 2. The van der Waals surface area contributed by atoms with Gasteiger partial charge in [0.1, 0.15) is 6.29 Å². The van der Waals surface area contributed by atoms with Gasteiger partial charge in [0.05, 0.1) is 0 Å². The van der Waals surface area contributed by atoms with Crippen molar-refractivity contribution in [2.24, 2.45) is 5.73 Å². The van der Waals surface area contributed by atoms with Crippen molar-refractivity contribution in [3.8, 4) is 0 Å². The molecule has 2 heteroatoms. The lowest BCUT2D eigenvalue weighted by Crippen LogP contribution is -2.03. The molecule has 0 aliphatic heterocycles. The highest BCUT2D eigenvalue weighted by molar-refractivity contribution is 5.75. The SMILES string of the molecule is CC(C)c1ccc(C=O)cc1CN. The van der Waals surface area contributed by atoms with Gasteiger partial charge in [-0.05, 0) is 23.1 Å². The third kappa shape index (κ3) is 2.16. The third-order valence-corrected chi connectivity index (χ3v) is 2.15. The second-order valence-electron chi connectivity index (χ2n) is 3.43. The van der Waals surface area contributed by atoms with E-state index in [9.17, 15) is 4.79 Å². The predicted octanol–water partition coefficient (Wildman–Crippen LogP) is 2.08. The van der Waals surface area contributed by atoms with Crippen LogP contribution in [0.5, 0.6) is 0 Å². The van der Waals surface area contributed by atoms with Crippen molar-refractivity contribution in [3.05, 3.63) is 34.9 Å². The molecule has 0 radical (unpaired) electrons. The molecule has 0 aliphatic rings. The Kier molecular flexibility index (Phi) is 3.20. The second kappa shape index (κ2) is 4.19. The summed E-state index contributed by atoms with van der Waals surface area (Å²) >= 11 is 0. The predicted molar refractivity (Wildman–Crippen MR) is 53.8 cm³/mol. The van der Waals surface area contributed by atoms with Crippen LogP contribution in [-0.2, 0) is 6.54 Å². The third-order valence-electron chi connectivity index (χ3n) is 2.15. The van der Waals surface area contributed by atoms with Gasteiger partial charge in [-0.1, -0.05) is 26.0 Å². The van der Waals surface area contributed by atoms with Gasteiger partial charge in [0.25, 0.3) is 0 Å². The summed E-state index contributed by atoms with van der Waals surface area (Å²) in [6.07, 6.45) is 0.850. The van der Waals surface area contributed by atoms with Gasteiger partial charge in [0.15, 0.2) is 0 Å². The number of nitrogens with two attached hydrogens (primary N) is 1. The molecule has 70 valence electrons. The molecule has 2 nitrogen and oxygen atoms in total. The van der Waals surface area contributed by atoms with Crippen LogP contribution in [0, 0.1) is 0 Å². The van der Waals surface area contributed by atoms with Crippen molar-refractivity contribution < 1.29 is 4.79 Å². The Hall–Kier alpha value is -1.15. The van der Waals surface area contributed by atoms with Crippen LogP contribution in [0.1, 0.15) is 41.3 Å². The minimum atomic E-state index is 0.458. The van der Waals surface area contributed by atoms with E-state index in [4.69, 9.17) is 5.73 Å². The minimum Gasteiger partial charge on any atom is -0.326 e. The molecule has 1 aromatic carbocycles. The van der Waals surface area contributed by atoms with Crippen molar-refractivity contribution in [1.29, 1.82) is 0 Å². The summed E-state index contributed by atoms with van der Waals surface area (Å²) in [5.41, 5.74) is 8.59. The Balaban J connectivity index is 3.15. The van der Waals surface area contributed by atoms with Gasteiger partial charge in [-0.2, -0.15) is 0 Å². The highest BCUT2D eigenvalue weighted by Gasteiger charge is 2.05. The van der Waals surface area contributed by atoms with E-state index in [0.717, 1.165) is 11.8 Å². The van der Waals surface area contributed by atoms with Gasteiger partial charge in [-0.25, -0.2) is 0 Å². The molecule has 0 spiro atoms. The molecule has 0 aliphatic carbocycles. The zero-order chi connectivity index (χ0) is 9.84. The average molecular weight is 177 g/mol. The second-order valence-corrected chi connectivity index (χ2v) is 3.43. The van der Waals surface area contributed by atoms with Gasteiger partial charge in [0.2, 0.25) is 0 Å². The standard InChI is InChI=1S/C11H15NO/c1-8(2)11-4-3-9(7-13)5-10(11)6-12/h3-5,7-8H,6,12H2,1-2H3. The molecular weight excluding hydrogens is 162 g/mol. The normalized spacial score (nSPS) is 10.5. The highest BCUT2D eigenvalue weighted by Crippen LogP contribution is 2.19. The first-order valence-corrected chi connectivity index (χ1v) is 4.47.